The average Bonchev–Trinajstić information content (AvgIpc) is 4.22. The van der Waals surface area contributed by atoms with Gasteiger partial charge in [-0.15, -0.1) is 0 Å². The molecule has 0 saturated heterocycles. The molecule has 2 nitrogen and oxygen atoms in total. The first-order valence-corrected chi connectivity index (χ1v) is 30.7. The zero-order valence-electron chi connectivity index (χ0n) is 46.3. The fraction of sp³-hybridized carbons (Fsp3) is 1.00. The summed E-state index contributed by atoms with van der Waals surface area (Å²) in [5.41, 5.74) is 0. The highest BCUT2D eigenvalue weighted by molar-refractivity contribution is 4.86. The summed E-state index contributed by atoms with van der Waals surface area (Å²) < 4.78 is 0. The topological polar surface area (TPSA) is 6.48 Å². The quantitative estimate of drug-likeness (QED) is 0.0562. The third-order valence-electron chi connectivity index (χ3n) is 16.5. The van der Waals surface area contributed by atoms with E-state index in [1.807, 2.05) is 0 Å². The largest absolute Gasteiger partial charge is 0.306 e. The summed E-state index contributed by atoms with van der Waals surface area (Å²) in [6, 6.07) is 1.65. The third-order valence-corrected chi connectivity index (χ3v) is 16.5. The summed E-state index contributed by atoms with van der Waals surface area (Å²) in [6.45, 7) is 9.25. The van der Waals surface area contributed by atoms with E-state index < -0.39 is 0 Å². The third kappa shape index (κ3) is 39.9. The lowest BCUT2D eigenvalue weighted by Crippen LogP contribution is -2.27. The summed E-state index contributed by atoms with van der Waals surface area (Å²) >= 11 is 0. The molecule has 0 radical (unpaired) electrons. The number of rotatable bonds is 50. The van der Waals surface area contributed by atoms with Crippen LogP contribution in [0.5, 0.6) is 0 Å². The van der Waals surface area contributed by atoms with Crippen LogP contribution in [-0.2, 0) is 0 Å². The summed E-state index contributed by atoms with van der Waals surface area (Å²) in [7, 11) is 9.18. The summed E-state index contributed by atoms with van der Waals surface area (Å²) in [5, 5.41) is 0. The van der Waals surface area contributed by atoms with E-state index in [0.29, 0.717) is 0 Å². The maximum absolute atomic E-state index is 2.49. The van der Waals surface area contributed by atoms with Crippen LogP contribution in [-0.4, -0.2) is 50.1 Å². The lowest BCUT2D eigenvalue weighted by atomic mass is 9.99. The molecule has 0 aromatic carbocycles. The maximum Gasteiger partial charge on any atom is 0.00891 e. The van der Waals surface area contributed by atoms with E-state index in [1.165, 1.54) is 276 Å². The minimum Gasteiger partial charge on any atom is -0.306 e. The molecule has 0 bridgehead atoms. The average molecular weight is 900 g/mol. The molecule has 2 saturated carbocycles. The fourth-order valence-corrected chi connectivity index (χ4v) is 11.4. The molecule has 2 fully saturated rings. The van der Waals surface area contributed by atoms with Crippen LogP contribution in [0.4, 0.5) is 0 Å². The molecule has 6 atom stereocenters. The van der Waals surface area contributed by atoms with Crippen molar-refractivity contribution in [2.45, 2.75) is 348 Å². The maximum atomic E-state index is 2.49. The van der Waals surface area contributed by atoms with E-state index in [-0.39, 0.29) is 0 Å². The highest BCUT2D eigenvalue weighted by Gasteiger charge is 2.35. The van der Waals surface area contributed by atoms with Gasteiger partial charge in [0.05, 0.1) is 0 Å². The van der Waals surface area contributed by atoms with Crippen LogP contribution in [0.15, 0.2) is 0 Å². The van der Waals surface area contributed by atoms with Crippen LogP contribution in [0.2, 0.25) is 0 Å². The molecule has 0 spiro atoms. The highest BCUT2D eigenvalue weighted by Crippen LogP contribution is 2.46. The second kappa shape index (κ2) is 46.6. The van der Waals surface area contributed by atoms with Gasteiger partial charge >= 0.3 is 0 Å². The fourth-order valence-electron chi connectivity index (χ4n) is 11.4. The van der Waals surface area contributed by atoms with Crippen molar-refractivity contribution in [3.63, 3.8) is 0 Å². The lowest BCUT2D eigenvalue weighted by molar-refractivity contribution is 0.251. The molecule has 0 heterocycles. The van der Waals surface area contributed by atoms with Crippen LogP contribution in [0.25, 0.3) is 0 Å². The van der Waals surface area contributed by atoms with Crippen molar-refractivity contribution in [2.75, 3.05) is 28.2 Å². The molecule has 0 aliphatic heterocycles. The molecule has 2 unspecified atom stereocenters. The van der Waals surface area contributed by atoms with Crippen LogP contribution in [0.3, 0.4) is 0 Å². The predicted octanol–water partition coefficient (Wildman–Crippen LogP) is 21.1. The summed E-state index contributed by atoms with van der Waals surface area (Å²) in [5.74, 6) is 4.50. The molecule has 0 aromatic rings. The molecular formula is C62H126N2. The van der Waals surface area contributed by atoms with E-state index in [4.69, 9.17) is 0 Å². The molecule has 0 amide bonds. The Balaban J connectivity index is 0.000000641. The predicted molar refractivity (Wildman–Crippen MR) is 293 cm³/mol. The van der Waals surface area contributed by atoms with Crippen LogP contribution < -0.4 is 0 Å². The first kappa shape index (κ1) is 61.9. The lowest BCUT2D eigenvalue weighted by Gasteiger charge is -2.24. The summed E-state index contributed by atoms with van der Waals surface area (Å²) in [4.78, 5) is 4.99. The molecule has 0 aromatic heterocycles. The Hall–Kier alpha value is -0.0800. The zero-order valence-corrected chi connectivity index (χ0v) is 46.3. The molecule has 2 rings (SSSR count). The van der Waals surface area contributed by atoms with E-state index in [9.17, 15) is 0 Å². The number of hydrogen-bond acceptors (Lipinski definition) is 2. The van der Waals surface area contributed by atoms with Crippen molar-refractivity contribution in [2.24, 2.45) is 23.7 Å². The second-order valence-electron chi connectivity index (χ2n) is 23.1. The van der Waals surface area contributed by atoms with Gasteiger partial charge in [0.2, 0.25) is 0 Å². The van der Waals surface area contributed by atoms with Gasteiger partial charge in [0.1, 0.15) is 0 Å². The Morgan fingerprint density at radius 3 is 0.625 bits per heavy atom. The number of unbranched alkanes of at least 4 members (excludes halogenated alkanes) is 32. The van der Waals surface area contributed by atoms with E-state index in [0.717, 1.165) is 35.8 Å². The Kier molecular flexibility index (Phi) is 45.1. The molecule has 2 aliphatic rings. The van der Waals surface area contributed by atoms with Crippen molar-refractivity contribution in [1.29, 1.82) is 0 Å². The molecular weight excluding hydrogens is 773 g/mol. The Bertz CT molecular complexity index is 897. The SMILES string of the molecule is CCCCCCCCCC(CCCCCCCCC[C@H]1C[C@H]1CCCCCC)N(C)C.CCCCCCCCCC(CCCCCCCCC[C@H]1C[C@H]1CCCCCCCC)N(C)C. The standard InChI is InChI=1S/C32H65N.C30H61N/c1-5-7-9-11-14-19-23-27-32(33(3)4)28-24-20-16-13-15-18-22-26-31-29-30(31)25-21-17-12-10-8-6-2;1-5-7-9-11-13-17-21-25-30(31(3)4)26-22-18-15-12-14-16-20-24-29-27-28(29)23-19-10-8-6-2/h30-32H,5-29H2,1-4H3;28-30H,5-27H2,1-4H3/t30-,31+,32?;28-,29+,30?/m11/s1. The van der Waals surface area contributed by atoms with Crippen LogP contribution >= 0.6 is 0 Å². The Labute approximate surface area is 408 Å². The smallest absolute Gasteiger partial charge is 0.00891 e. The Morgan fingerprint density at radius 1 is 0.250 bits per heavy atom. The summed E-state index contributed by atoms with van der Waals surface area (Å²) in [6.07, 6.45) is 70.4. The van der Waals surface area contributed by atoms with Gasteiger partial charge in [-0.3, -0.25) is 0 Å². The van der Waals surface area contributed by atoms with Gasteiger partial charge in [0.15, 0.2) is 0 Å². The minimum absolute atomic E-state index is 0.823. The van der Waals surface area contributed by atoms with Crippen LogP contribution in [0, 0.1) is 23.7 Å². The molecule has 384 valence electrons. The van der Waals surface area contributed by atoms with Gasteiger partial charge < -0.3 is 9.80 Å². The minimum atomic E-state index is 0.823. The monoisotopic (exact) mass is 899 g/mol. The van der Waals surface area contributed by atoms with Crippen molar-refractivity contribution < 1.29 is 0 Å². The Morgan fingerprint density at radius 2 is 0.422 bits per heavy atom. The second-order valence-corrected chi connectivity index (χ2v) is 23.1. The van der Waals surface area contributed by atoms with E-state index in [1.54, 1.807) is 32.1 Å². The zero-order chi connectivity index (χ0) is 46.6. The van der Waals surface area contributed by atoms with Crippen molar-refractivity contribution in [3.05, 3.63) is 0 Å². The van der Waals surface area contributed by atoms with Gasteiger partial charge in [0.25, 0.3) is 0 Å². The van der Waals surface area contributed by atoms with E-state index >= 15 is 0 Å². The van der Waals surface area contributed by atoms with Crippen LogP contribution in [0.1, 0.15) is 336 Å². The van der Waals surface area contributed by atoms with Gasteiger partial charge in [-0.2, -0.15) is 0 Å². The highest BCUT2D eigenvalue weighted by atomic mass is 15.1. The van der Waals surface area contributed by atoms with Gasteiger partial charge in [-0.1, -0.05) is 297 Å². The molecule has 2 heteroatoms. The number of nitrogens with zero attached hydrogens (tertiary/aromatic N) is 2. The molecule has 64 heavy (non-hydrogen) atoms. The first-order valence-electron chi connectivity index (χ1n) is 30.7. The van der Waals surface area contributed by atoms with Crippen molar-refractivity contribution in [3.8, 4) is 0 Å². The van der Waals surface area contributed by atoms with Crippen molar-refractivity contribution in [1.82, 2.24) is 9.80 Å². The molecule has 0 N–H and O–H groups in total. The first-order chi connectivity index (χ1) is 31.4. The van der Waals surface area contributed by atoms with Crippen molar-refractivity contribution >= 4 is 0 Å². The van der Waals surface area contributed by atoms with Gasteiger partial charge in [-0.25, -0.2) is 0 Å². The normalized spacial score (nSPS) is 19.0. The van der Waals surface area contributed by atoms with Gasteiger partial charge in [0, 0.05) is 12.1 Å². The van der Waals surface area contributed by atoms with Gasteiger partial charge in [-0.05, 0) is 90.4 Å². The molecule has 2 aliphatic carbocycles. The van der Waals surface area contributed by atoms with E-state index in [2.05, 4.69) is 65.7 Å². The number of hydrogen-bond donors (Lipinski definition) is 0.